The lowest BCUT2D eigenvalue weighted by Gasteiger charge is -2.21. The molecule has 2 aromatic rings. The Balaban J connectivity index is 2.31. The van der Waals surface area contributed by atoms with Gasteiger partial charge in [0.1, 0.15) is 12.4 Å². The molecule has 1 aromatic heterocycles. The molecule has 0 aliphatic carbocycles. The zero-order valence-corrected chi connectivity index (χ0v) is 14.8. The van der Waals surface area contributed by atoms with Crippen molar-refractivity contribution in [1.82, 2.24) is 14.7 Å². The van der Waals surface area contributed by atoms with E-state index in [0.717, 1.165) is 0 Å². The number of carbonyl (C=O) groups is 2. The van der Waals surface area contributed by atoms with Crippen LogP contribution in [0.15, 0.2) is 34.9 Å². The van der Waals surface area contributed by atoms with E-state index >= 15 is 0 Å². The fourth-order valence-corrected chi connectivity index (χ4v) is 2.64. The predicted molar refractivity (Wildman–Crippen MR) is 89.6 cm³/mol. The summed E-state index contributed by atoms with van der Waals surface area (Å²) in [6, 6.07) is 5.65. The van der Waals surface area contributed by atoms with Crippen molar-refractivity contribution in [2.24, 2.45) is 5.92 Å². The molecule has 0 saturated heterocycles. The second kappa shape index (κ2) is 7.57. The van der Waals surface area contributed by atoms with Gasteiger partial charge in [0.2, 0.25) is 0 Å². The number of amides is 1. The molecular formula is C16H17BrFN3O3. The number of hydrogen-bond donors (Lipinski definition) is 1. The van der Waals surface area contributed by atoms with Crippen molar-refractivity contribution in [2.45, 2.75) is 13.8 Å². The van der Waals surface area contributed by atoms with Crippen LogP contribution in [0.4, 0.5) is 4.39 Å². The van der Waals surface area contributed by atoms with Gasteiger partial charge in [-0.25, -0.2) is 9.07 Å². The van der Waals surface area contributed by atoms with Crippen molar-refractivity contribution in [3.63, 3.8) is 0 Å². The first-order chi connectivity index (χ1) is 11.3. The zero-order chi connectivity index (χ0) is 17.9. The van der Waals surface area contributed by atoms with Crippen LogP contribution in [0.2, 0.25) is 0 Å². The molecule has 6 nitrogen and oxygen atoms in total. The molecule has 2 rings (SSSR count). The summed E-state index contributed by atoms with van der Waals surface area (Å²) in [7, 11) is 0. The third-order valence-corrected chi connectivity index (χ3v) is 3.74. The summed E-state index contributed by atoms with van der Waals surface area (Å²) in [4.78, 5) is 24.9. The SMILES string of the molecule is CC(C)CN(CC(=O)O)C(=O)c1nn(-c2ccc(F)cc2)cc1Br. The van der Waals surface area contributed by atoms with Crippen molar-refractivity contribution in [3.05, 3.63) is 46.4 Å². The Labute approximate surface area is 147 Å². The molecule has 24 heavy (non-hydrogen) atoms. The van der Waals surface area contributed by atoms with Crippen LogP contribution in [-0.2, 0) is 4.79 Å². The van der Waals surface area contributed by atoms with E-state index in [-0.39, 0.29) is 17.4 Å². The van der Waals surface area contributed by atoms with Crippen molar-refractivity contribution < 1.29 is 19.1 Å². The molecule has 0 spiro atoms. The average molecular weight is 398 g/mol. The minimum atomic E-state index is -1.09. The zero-order valence-electron chi connectivity index (χ0n) is 13.2. The highest BCUT2D eigenvalue weighted by Gasteiger charge is 2.24. The Morgan fingerprint density at radius 3 is 2.50 bits per heavy atom. The molecule has 0 unspecified atom stereocenters. The molecule has 0 radical (unpaired) electrons. The minimum absolute atomic E-state index is 0.112. The highest BCUT2D eigenvalue weighted by Crippen LogP contribution is 2.20. The molecule has 1 aromatic carbocycles. The van der Waals surface area contributed by atoms with E-state index in [2.05, 4.69) is 21.0 Å². The van der Waals surface area contributed by atoms with Gasteiger partial charge in [-0.15, -0.1) is 0 Å². The van der Waals surface area contributed by atoms with Crippen LogP contribution in [0.3, 0.4) is 0 Å². The smallest absolute Gasteiger partial charge is 0.323 e. The maximum absolute atomic E-state index is 13.0. The average Bonchev–Trinajstić information content (AvgIpc) is 2.87. The standard InChI is InChI=1S/C16H17BrFN3O3/c1-10(2)7-20(9-14(22)23)16(24)15-13(17)8-21(19-15)12-5-3-11(18)4-6-12/h3-6,8,10H,7,9H2,1-2H3,(H,22,23). The topological polar surface area (TPSA) is 75.4 Å². The Bertz CT molecular complexity index is 744. The molecule has 1 N–H and O–H groups in total. The van der Waals surface area contributed by atoms with Crippen molar-refractivity contribution in [2.75, 3.05) is 13.1 Å². The molecule has 0 aliphatic rings. The lowest BCUT2D eigenvalue weighted by atomic mass is 10.2. The molecule has 0 aliphatic heterocycles. The molecule has 0 fully saturated rings. The van der Waals surface area contributed by atoms with Crippen molar-refractivity contribution in [1.29, 1.82) is 0 Å². The van der Waals surface area contributed by atoms with Crippen LogP contribution >= 0.6 is 15.9 Å². The van der Waals surface area contributed by atoms with Gasteiger partial charge >= 0.3 is 5.97 Å². The van der Waals surface area contributed by atoms with Crippen molar-refractivity contribution in [3.8, 4) is 5.69 Å². The third kappa shape index (κ3) is 4.41. The van der Waals surface area contributed by atoms with Crippen LogP contribution in [0.25, 0.3) is 5.69 Å². The van der Waals surface area contributed by atoms with Gasteiger partial charge in [-0.05, 0) is 46.1 Å². The Hall–Kier alpha value is -2.22. The summed E-state index contributed by atoms with van der Waals surface area (Å²) >= 11 is 3.28. The number of halogens is 2. The molecular weight excluding hydrogens is 381 g/mol. The fourth-order valence-electron chi connectivity index (χ4n) is 2.20. The van der Waals surface area contributed by atoms with Gasteiger partial charge in [0.05, 0.1) is 10.2 Å². The van der Waals surface area contributed by atoms with Gasteiger partial charge in [0, 0.05) is 12.7 Å². The predicted octanol–water partition coefficient (Wildman–Crippen LogP) is 2.96. The van der Waals surface area contributed by atoms with Crippen LogP contribution in [0.1, 0.15) is 24.3 Å². The second-order valence-corrected chi connectivity index (χ2v) is 6.57. The van der Waals surface area contributed by atoms with Gasteiger partial charge in [0.25, 0.3) is 5.91 Å². The Morgan fingerprint density at radius 2 is 1.96 bits per heavy atom. The van der Waals surface area contributed by atoms with E-state index in [0.29, 0.717) is 16.7 Å². The number of nitrogens with zero attached hydrogens (tertiary/aromatic N) is 3. The molecule has 1 heterocycles. The van der Waals surface area contributed by atoms with E-state index < -0.39 is 18.4 Å². The first-order valence-electron chi connectivity index (χ1n) is 7.30. The summed E-state index contributed by atoms with van der Waals surface area (Å²) in [6.07, 6.45) is 1.58. The Morgan fingerprint density at radius 1 is 1.33 bits per heavy atom. The lowest BCUT2D eigenvalue weighted by Crippen LogP contribution is -2.38. The number of aromatic nitrogens is 2. The van der Waals surface area contributed by atoms with Gasteiger partial charge in [-0.1, -0.05) is 13.8 Å². The number of benzene rings is 1. The summed E-state index contributed by atoms with van der Waals surface area (Å²) in [5.74, 6) is -1.81. The molecule has 0 atom stereocenters. The molecule has 0 bridgehead atoms. The van der Waals surface area contributed by atoms with Crippen LogP contribution in [-0.4, -0.2) is 44.8 Å². The van der Waals surface area contributed by atoms with Crippen molar-refractivity contribution >= 4 is 27.8 Å². The number of carboxylic acids is 1. The van der Waals surface area contributed by atoms with Crippen LogP contribution < -0.4 is 0 Å². The summed E-state index contributed by atoms with van der Waals surface area (Å²) in [6.45, 7) is 3.70. The van der Waals surface area contributed by atoms with E-state index in [1.54, 1.807) is 6.20 Å². The maximum Gasteiger partial charge on any atom is 0.323 e. The summed E-state index contributed by atoms with van der Waals surface area (Å²) < 4.78 is 14.9. The second-order valence-electron chi connectivity index (χ2n) is 5.72. The first-order valence-corrected chi connectivity index (χ1v) is 8.09. The maximum atomic E-state index is 13.0. The molecule has 0 saturated carbocycles. The number of carboxylic acid groups (broad SMARTS) is 1. The number of aliphatic carboxylic acids is 1. The highest BCUT2D eigenvalue weighted by atomic mass is 79.9. The monoisotopic (exact) mass is 397 g/mol. The molecule has 8 heteroatoms. The number of carbonyl (C=O) groups excluding carboxylic acids is 1. The number of rotatable bonds is 6. The Kier molecular flexibility index (Phi) is 5.71. The first kappa shape index (κ1) is 18.1. The highest BCUT2D eigenvalue weighted by molar-refractivity contribution is 9.10. The largest absolute Gasteiger partial charge is 0.480 e. The lowest BCUT2D eigenvalue weighted by molar-refractivity contribution is -0.137. The van der Waals surface area contributed by atoms with E-state index in [9.17, 15) is 14.0 Å². The van der Waals surface area contributed by atoms with E-state index in [4.69, 9.17) is 5.11 Å². The summed E-state index contributed by atoms with van der Waals surface area (Å²) in [5.41, 5.74) is 0.700. The molecule has 128 valence electrons. The normalized spacial score (nSPS) is 10.9. The van der Waals surface area contributed by atoms with Gasteiger partial charge in [0.15, 0.2) is 5.69 Å². The molecule has 1 amide bonds. The fraction of sp³-hybridized carbons (Fsp3) is 0.312. The van der Waals surface area contributed by atoms with Gasteiger partial charge in [-0.2, -0.15) is 5.10 Å². The number of hydrogen-bond acceptors (Lipinski definition) is 3. The third-order valence-electron chi connectivity index (χ3n) is 3.16. The quantitative estimate of drug-likeness (QED) is 0.812. The van der Waals surface area contributed by atoms with Gasteiger partial charge in [-0.3, -0.25) is 9.59 Å². The minimum Gasteiger partial charge on any atom is -0.480 e. The van der Waals surface area contributed by atoms with E-state index in [1.165, 1.54) is 33.8 Å². The van der Waals surface area contributed by atoms with Crippen LogP contribution in [0.5, 0.6) is 0 Å². The van der Waals surface area contributed by atoms with Gasteiger partial charge < -0.3 is 10.0 Å². The van der Waals surface area contributed by atoms with E-state index in [1.807, 2.05) is 13.8 Å². The van der Waals surface area contributed by atoms with Crippen LogP contribution in [0, 0.1) is 11.7 Å². The summed E-state index contributed by atoms with van der Waals surface area (Å²) in [5, 5.41) is 13.2.